The van der Waals surface area contributed by atoms with Gasteiger partial charge in [0.05, 0.1) is 11.0 Å². The van der Waals surface area contributed by atoms with Crippen molar-refractivity contribution < 1.29 is 15.1 Å². The van der Waals surface area contributed by atoms with Crippen LogP contribution in [-0.4, -0.2) is 32.4 Å². The molecule has 1 aromatic carbocycles. The SMILES string of the molecule is CC(C)Cc1nc2cc(C=CC(=O)NO)ccc2n1CCCO. The lowest BCUT2D eigenvalue weighted by Crippen LogP contribution is -2.14. The van der Waals surface area contributed by atoms with Gasteiger partial charge in [0.15, 0.2) is 0 Å². The van der Waals surface area contributed by atoms with Gasteiger partial charge in [-0.25, -0.2) is 10.5 Å². The number of nitrogens with one attached hydrogen (secondary N) is 1. The van der Waals surface area contributed by atoms with Crippen LogP contribution < -0.4 is 5.48 Å². The predicted molar refractivity (Wildman–Crippen MR) is 88.9 cm³/mol. The largest absolute Gasteiger partial charge is 0.396 e. The predicted octanol–water partition coefficient (Wildman–Crippen LogP) is 2.14. The van der Waals surface area contributed by atoms with Gasteiger partial charge in [-0.1, -0.05) is 19.9 Å². The second kappa shape index (κ2) is 7.89. The summed E-state index contributed by atoms with van der Waals surface area (Å²) in [7, 11) is 0. The Morgan fingerprint density at radius 3 is 2.87 bits per heavy atom. The van der Waals surface area contributed by atoms with Crippen LogP contribution in [0.15, 0.2) is 24.3 Å². The number of hydrogen-bond donors (Lipinski definition) is 3. The van der Waals surface area contributed by atoms with E-state index in [4.69, 9.17) is 15.3 Å². The summed E-state index contributed by atoms with van der Waals surface area (Å²) < 4.78 is 2.15. The van der Waals surface area contributed by atoms with Gasteiger partial charge in [-0.2, -0.15) is 0 Å². The molecule has 0 spiro atoms. The molecule has 0 aliphatic carbocycles. The molecule has 1 heterocycles. The Balaban J connectivity index is 2.38. The molecular formula is C17H23N3O3. The zero-order valence-corrected chi connectivity index (χ0v) is 13.5. The number of aliphatic hydroxyl groups excluding tert-OH is 1. The van der Waals surface area contributed by atoms with Gasteiger partial charge in [-0.05, 0) is 36.1 Å². The van der Waals surface area contributed by atoms with E-state index in [1.54, 1.807) is 11.6 Å². The van der Waals surface area contributed by atoms with Crippen molar-refractivity contribution in [3.05, 3.63) is 35.7 Å². The van der Waals surface area contributed by atoms with Crippen LogP contribution in [0, 0.1) is 5.92 Å². The number of nitrogens with zero attached hydrogens (tertiary/aromatic N) is 2. The molecule has 6 heteroatoms. The fraction of sp³-hybridized carbons (Fsp3) is 0.412. The molecule has 0 unspecified atom stereocenters. The van der Waals surface area contributed by atoms with E-state index in [1.807, 2.05) is 18.2 Å². The second-order valence-electron chi connectivity index (χ2n) is 5.91. The van der Waals surface area contributed by atoms with E-state index in [-0.39, 0.29) is 6.61 Å². The minimum Gasteiger partial charge on any atom is -0.396 e. The summed E-state index contributed by atoms with van der Waals surface area (Å²) in [6.07, 6.45) is 4.45. The number of carbonyl (C=O) groups excluding carboxylic acids is 1. The Hall–Kier alpha value is -2.18. The third kappa shape index (κ3) is 4.40. The van der Waals surface area contributed by atoms with Crippen LogP contribution in [0.3, 0.4) is 0 Å². The van der Waals surface area contributed by atoms with Crippen molar-refractivity contribution in [2.45, 2.75) is 33.2 Å². The van der Waals surface area contributed by atoms with E-state index in [1.165, 1.54) is 6.08 Å². The molecule has 0 fully saturated rings. The summed E-state index contributed by atoms with van der Waals surface area (Å²) in [5, 5.41) is 17.6. The lowest BCUT2D eigenvalue weighted by atomic mass is 10.1. The third-order valence-electron chi connectivity index (χ3n) is 3.52. The molecule has 0 radical (unpaired) electrons. The number of fused-ring (bicyclic) bond motifs is 1. The van der Waals surface area contributed by atoms with Gasteiger partial charge in [0, 0.05) is 25.6 Å². The number of imidazole rings is 1. The number of aryl methyl sites for hydroxylation is 1. The fourth-order valence-electron chi connectivity index (χ4n) is 2.51. The maximum Gasteiger partial charge on any atom is 0.267 e. The van der Waals surface area contributed by atoms with E-state index in [2.05, 4.69) is 18.4 Å². The number of aliphatic hydroxyl groups is 1. The van der Waals surface area contributed by atoms with E-state index in [0.29, 0.717) is 12.3 Å². The monoisotopic (exact) mass is 317 g/mol. The zero-order chi connectivity index (χ0) is 16.8. The van der Waals surface area contributed by atoms with Crippen LogP contribution in [0.4, 0.5) is 0 Å². The van der Waals surface area contributed by atoms with E-state index >= 15 is 0 Å². The molecule has 0 atom stereocenters. The van der Waals surface area contributed by atoms with Gasteiger partial charge in [0.2, 0.25) is 0 Å². The quantitative estimate of drug-likeness (QED) is 0.415. The summed E-state index contributed by atoms with van der Waals surface area (Å²) in [4.78, 5) is 15.8. The van der Waals surface area contributed by atoms with Gasteiger partial charge in [-0.15, -0.1) is 0 Å². The minimum atomic E-state index is -0.570. The first-order chi connectivity index (χ1) is 11.0. The van der Waals surface area contributed by atoms with E-state index < -0.39 is 5.91 Å². The van der Waals surface area contributed by atoms with Crippen LogP contribution >= 0.6 is 0 Å². The number of hydrogen-bond acceptors (Lipinski definition) is 4. The molecular weight excluding hydrogens is 294 g/mol. The van der Waals surface area contributed by atoms with Crippen molar-refractivity contribution in [2.75, 3.05) is 6.61 Å². The van der Waals surface area contributed by atoms with E-state index in [9.17, 15) is 4.79 Å². The number of carbonyl (C=O) groups is 1. The van der Waals surface area contributed by atoms with Crippen LogP contribution in [0.1, 0.15) is 31.7 Å². The average Bonchev–Trinajstić information content (AvgIpc) is 2.86. The Labute approximate surface area is 135 Å². The first-order valence-electron chi connectivity index (χ1n) is 7.77. The molecule has 2 aromatic rings. The van der Waals surface area contributed by atoms with Gasteiger partial charge in [0.1, 0.15) is 5.82 Å². The fourth-order valence-corrected chi connectivity index (χ4v) is 2.51. The molecule has 0 saturated heterocycles. The van der Waals surface area contributed by atoms with Crippen LogP contribution in [0.5, 0.6) is 0 Å². The number of amides is 1. The summed E-state index contributed by atoms with van der Waals surface area (Å²) in [6.45, 7) is 5.18. The Bertz CT molecular complexity index is 704. The van der Waals surface area contributed by atoms with Crippen molar-refractivity contribution in [3.8, 4) is 0 Å². The zero-order valence-electron chi connectivity index (χ0n) is 13.5. The molecule has 2 rings (SSSR count). The highest BCUT2D eigenvalue weighted by molar-refractivity contribution is 5.91. The summed E-state index contributed by atoms with van der Waals surface area (Å²) in [5.74, 6) is 0.934. The Kier molecular flexibility index (Phi) is 5.90. The summed E-state index contributed by atoms with van der Waals surface area (Å²) >= 11 is 0. The molecule has 0 aliphatic heterocycles. The smallest absolute Gasteiger partial charge is 0.267 e. The summed E-state index contributed by atoms with van der Waals surface area (Å²) in [6, 6.07) is 5.79. The maximum absolute atomic E-state index is 11.1. The van der Waals surface area contributed by atoms with Gasteiger partial charge < -0.3 is 9.67 Å². The lowest BCUT2D eigenvalue weighted by Gasteiger charge is -2.10. The number of aromatic nitrogens is 2. The number of rotatable bonds is 7. The van der Waals surface area contributed by atoms with Crippen LogP contribution in [0.25, 0.3) is 17.1 Å². The lowest BCUT2D eigenvalue weighted by molar-refractivity contribution is -0.124. The van der Waals surface area contributed by atoms with Crippen molar-refractivity contribution in [1.29, 1.82) is 0 Å². The normalized spacial score (nSPS) is 11.7. The third-order valence-corrected chi connectivity index (χ3v) is 3.52. The first kappa shape index (κ1) is 17.2. The second-order valence-corrected chi connectivity index (χ2v) is 5.91. The van der Waals surface area contributed by atoms with Crippen molar-refractivity contribution in [3.63, 3.8) is 0 Å². The highest BCUT2D eigenvalue weighted by Crippen LogP contribution is 2.21. The minimum absolute atomic E-state index is 0.151. The van der Waals surface area contributed by atoms with Crippen LogP contribution in [0.2, 0.25) is 0 Å². The highest BCUT2D eigenvalue weighted by Gasteiger charge is 2.12. The van der Waals surface area contributed by atoms with Gasteiger partial charge in [0.25, 0.3) is 5.91 Å². The van der Waals surface area contributed by atoms with E-state index in [0.717, 1.165) is 35.4 Å². The molecule has 0 bridgehead atoms. The van der Waals surface area contributed by atoms with Gasteiger partial charge >= 0.3 is 0 Å². The number of hydroxylamine groups is 1. The average molecular weight is 317 g/mol. The standard InChI is InChI=1S/C17H23N3O3/c1-12(2)10-16-18-14-11-13(5-7-17(22)19-23)4-6-15(14)20(16)8-3-9-21/h4-7,11-12,21,23H,3,8-10H2,1-2H3,(H,19,22). The topological polar surface area (TPSA) is 87.4 Å². The molecule has 0 saturated carbocycles. The molecule has 3 N–H and O–H groups in total. The van der Waals surface area contributed by atoms with Gasteiger partial charge in [-0.3, -0.25) is 10.0 Å². The molecule has 1 amide bonds. The maximum atomic E-state index is 11.1. The molecule has 23 heavy (non-hydrogen) atoms. The van der Waals surface area contributed by atoms with Crippen molar-refractivity contribution in [2.24, 2.45) is 5.92 Å². The molecule has 124 valence electrons. The molecule has 6 nitrogen and oxygen atoms in total. The highest BCUT2D eigenvalue weighted by atomic mass is 16.5. The summed E-state index contributed by atoms with van der Waals surface area (Å²) in [5.41, 5.74) is 4.29. The Morgan fingerprint density at radius 1 is 1.43 bits per heavy atom. The van der Waals surface area contributed by atoms with Crippen LogP contribution in [-0.2, 0) is 17.8 Å². The van der Waals surface area contributed by atoms with Crippen molar-refractivity contribution in [1.82, 2.24) is 15.0 Å². The Morgan fingerprint density at radius 2 is 2.22 bits per heavy atom. The number of benzene rings is 1. The molecule has 0 aliphatic rings. The van der Waals surface area contributed by atoms with Crippen molar-refractivity contribution >= 4 is 23.0 Å². The molecule has 1 aromatic heterocycles. The first-order valence-corrected chi connectivity index (χ1v) is 7.77.